The van der Waals surface area contributed by atoms with Crippen molar-refractivity contribution in [1.82, 2.24) is 9.78 Å². The third-order valence-electron chi connectivity index (χ3n) is 3.58. The second kappa shape index (κ2) is 6.69. The first-order valence-corrected chi connectivity index (χ1v) is 7.39. The van der Waals surface area contributed by atoms with Gasteiger partial charge in [-0.3, -0.25) is 9.59 Å². The first-order valence-electron chi connectivity index (χ1n) is 7.39. The fourth-order valence-corrected chi connectivity index (χ4v) is 2.40. The van der Waals surface area contributed by atoms with Crippen LogP contribution in [0, 0.1) is 0 Å². The van der Waals surface area contributed by atoms with E-state index in [2.05, 4.69) is 9.52 Å². The Balaban J connectivity index is 2.21. The zero-order chi connectivity index (χ0) is 20.7. The lowest BCUT2D eigenvalue weighted by molar-refractivity contribution is -0.174. The van der Waals surface area contributed by atoms with Gasteiger partial charge in [-0.05, 0) is 30.3 Å². The SMILES string of the molecule is O=C(c1ccco1)C(C(=O)C(F)(F)F)n1nc(-c2ccco2)cc1C(F)(F)F. The molecule has 3 aromatic heterocycles. The summed E-state index contributed by atoms with van der Waals surface area (Å²) < 4.78 is 88.5. The molecular weight excluding hydrogens is 398 g/mol. The van der Waals surface area contributed by atoms with Crippen molar-refractivity contribution in [3.8, 4) is 11.5 Å². The second-order valence-electron chi connectivity index (χ2n) is 5.44. The molecular formula is C16H8F6N2O4. The smallest absolute Gasteiger partial charge is 0.452 e. The van der Waals surface area contributed by atoms with Gasteiger partial charge in [0.15, 0.2) is 17.6 Å². The molecule has 6 nitrogen and oxygen atoms in total. The van der Waals surface area contributed by atoms with E-state index >= 15 is 0 Å². The molecule has 28 heavy (non-hydrogen) atoms. The highest BCUT2D eigenvalue weighted by Gasteiger charge is 2.51. The molecule has 0 aromatic carbocycles. The molecule has 0 aliphatic carbocycles. The van der Waals surface area contributed by atoms with Gasteiger partial charge in [-0.2, -0.15) is 31.4 Å². The third kappa shape index (κ3) is 3.57. The molecule has 1 unspecified atom stereocenters. The Kier molecular flexibility index (Phi) is 4.65. The van der Waals surface area contributed by atoms with Crippen molar-refractivity contribution < 1.29 is 44.8 Å². The van der Waals surface area contributed by atoms with Crippen molar-refractivity contribution in [1.29, 1.82) is 0 Å². The first-order chi connectivity index (χ1) is 13.0. The van der Waals surface area contributed by atoms with Gasteiger partial charge in [-0.15, -0.1) is 0 Å². The zero-order valence-electron chi connectivity index (χ0n) is 13.4. The van der Waals surface area contributed by atoms with Crippen molar-refractivity contribution in [2.45, 2.75) is 18.4 Å². The summed E-state index contributed by atoms with van der Waals surface area (Å²) in [7, 11) is 0. The van der Waals surface area contributed by atoms with Crippen LogP contribution in [-0.2, 0) is 11.0 Å². The number of Topliss-reactive ketones (excluding diaryl/α,β-unsaturated/α-hetero) is 2. The van der Waals surface area contributed by atoms with Crippen LogP contribution in [0.5, 0.6) is 0 Å². The molecule has 0 bridgehead atoms. The summed E-state index contributed by atoms with van der Waals surface area (Å²) in [5.74, 6) is -5.29. The highest BCUT2D eigenvalue weighted by molar-refractivity contribution is 6.12. The van der Waals surface area contributed by atoms with Crippen LogP contribution in [0.1, 0.15) is 22.3 Å². The fraction of sp³-hybridized carbons (Fsp3) is 0.188. The molecule has 0 amide bonds. The minimum atomic E-state index is -5.60. The largest absolute Gasteiger partial charge is 0.463 e. The molecule has 0 fully saturated rings. The molecule has 0 aliphatic heterocycles. The van der Waals surface area contributed by atoms with E-state index in [0.29, 0.717) is 6.07 Å². The van der Waals surface area contributed by atoms with Gasteiger partial charge in [0.05, 0.1) is 12.5 Å². The minimum Gasteiger partial charge on any atom is -0.463 e. The number of nitrogens with zero attached hydrogens (tertiary/aromatic N) is 2. The molecule has 148 valence electrons. The summed E-state index contributed by atoms with van der Waals surface area (Å²) in [5, 5.41) is 3.40. The van der Waals surface area contributed by atoms with Crippen LogP contribution in [0.2, 0.25) is 0 Å². The second-order valence-corrected chi connectivity index (χ2v) is 5.44. The lowest BCUT2D eigenvalue weighted by Crippen LogP contribution is -2.39. The summed E-state index contributed by atoms with van der Waals surface area (Å²) >= 11 is 0. The fourth-order valence-electron chi connectivity index (χ4n) is 2.40. The highest BCUT2D eigenvalue weighted by atomic mass is 19.4. The molecule has 3 heterocycles. The number of aromatic nitrogens is 2. The summed E-state index contributed by atoms with van der Waals surface area (Å²) in [5.41, 5.74) is -2.24. The predicted octanol–water partition coefficient (Wildman–Crippen LogP) is 4.31. The van der Waals surface area contributed by atoms with Gasteiger partial charge in [0.2, 0.25) is 5.78 Å². The maximum absolute atomic E-state index is 13.4. The Labute approximate surface area is 151 Å². The van der Waals surface area contributed by atoms with E-state index in [1.54, 1.807) is 0 Å². The molecule has 3 rings (SSSR count). The number of hydrogen-bond acceptors (Lipinski definition) is 5. The van der Waals surface area contributed by atoms with Crippen LogP contribution >= 0.6 is 0 Å². The lowest BCUT2D eigenvalue weighted by atomic mass is 10.1. The standard InChI is InChI=1S/C16H8F6N2O4/c17-15(18,19)11-7-8(9-3-1-5-27-9)23-24(11)12(14(26)16(20,21)22)13(25)10-4-2-6-28-10/h1-7,12H. The van der Waals surface area contributed by atoms with Crippen LogP contribution < -0.4 is 0 Å². The highest BCUT2D eigenvalue weighted by Crippen LogP contribution is 2.36. The normalized spacial score (nSPS) is 13.5. The molecule has 3 aromatic rings. The average molecular weight is 406 g/mol. The number of rotatable bonds is 5. The van der Waals surface area contributed by atoms with Crippen LogP contribution in [-0.4, -0.2) is 27.5 Å². The van der Waals surface area contributed by atoms with E-state index in [1.807, 2.05) is 0 Å². The van der Waals surface area contributed by atoms with Crippen LogP contribution in [0.4, 0.5) is 26.3 Å². The minimum absolute atomic E-state index is 0.201. The monoisotopic (exact) mass is 406 g/mol. The van der Waals surface area contributed by atoms with Crippen molar-refractivity contribution >= 4 is 11.6 Å². The van der Waals surface area contributed by atoms with Crippen molar-refractivity contribution in [2.24, 2.45) is 0 Å². The maximum atomic E-state index is 13.4. The van der Waals surface area contributed by atoms with Gasteiger partial charge in [0.1, 0.15) is 11.4 Å². The van der Waals surface area contributed by atoms with E-state index in [4.69, 9.17) is 4.42 Å². The molecule has 0 saturated heterocycles. The molecule has 0 spiro atoms. The lowest BCUT2D eigenvalue weighted by Gasteiger charge is -2.19. The Morgan fingerprint density at radius 2 is 1.64 bits per heavy atom. The van der Waals surface area contributed by atoms with Crippen LogP contribution in [0.15, 0.2) is 51.7 Å². The topological polar surface area (TPSA) is 78.2 Å². The number of carbonyl (C=O) groups excluding carboxylic acids is 2. The number of ketones is 2. The summed E-state index contributed by atoms with van der Waals surface area (Å²) in [6.07, 6.45) is -8.80. The Morgan fingerprint density at radius 3 is 2.14 bits per heavy atom. The predicted molar refractivity (Wildman–Crippen MR) is 78.1 cm³/mol. The van der Waals surface area contributed by atoms with E-state index in [9.17, 15) is 35.9 Å². The average Bonchev–Trinajstić information content (AvgIpc) is 3.33. The van der Waals surface area contributed by atoms with E-state index in [0.717, 1.165) is 24.7 Å². The first kappa shape index (κ1) is 19.5. The van der Waals surface area contributed by atoms with Gasteiger partial charge in [0, 0.05) is 0 Å². The van der Waals surface area contributed by atoms with Gasteiger partial charge in [-0.1, -0.05) is 0 Å². The summed E-state index contributed by atoms with van der Waals surface area (Å²) in [6.45, 7) is 0. The van der Waals surface area contributed by atoms with Gasteiger partial charge < -0.3 is 8.83 Å². The number of carbonyl (C=O) groups is 2. The number of alkyl halides is 6. The molecule has 0 N–H and O–H groups in total. The van der Waals surface area contributed by atoms with Gasteiger partial charge >= 0.3 is 12.4 Å². The third-order valence-corrected chi connectivity index (χ3v) is 3.58. The molecule has 0 saturated carbocycles. The molecule has 0 radical (unpaired) electrons. The molecule has 12 heteroatoms. The Bertz CT molecular complexity index is 984. The molecule has 1 atom stereocenters. The number of hydrogen-bond donors (Lipinski definition) is 0. The molecule has 0 aliphatic rings. The Morgan fingerprint density at radius 1 is 1.00 bits per heavy atom. The number of furan rings is 2. The van der Waals surface area contributed by atoms with Crippen molar-refractivity contribution in [3.63, 3.8) is 0 Å². The van der Waals surface area contributed by atoms with E-state index in [1.165, 1.54) is 12.1 Å². The Hall–Kier alpha value is -3.31. The maximum Gasteiger partial charge on any atom is 0.452 e. The summed E-state index contributed by atoms with van der Waals surface area (Å²) in [6, 6.07) is 1.99. The van der Waals surface area contributed by atoms with Crippen LogP contribution in [0.3, 0.4) is 0 Å². The van der Waals surface area contributed by atoms with E-state index in [-0.39, 0.29) is 10.4 Å². The quantitative estimate of drug-likeness (QED) is 0.359. The summed E-state index contributed by atoms with van der Waals surface area (Å²) in [4.78, 5) is 24.2. The van der Waals surface area contributed by atoms with Gasteiger partial charge in [-0.25, -0.2) is 4.68 Å². The van der Waals surface area contributed by atoms with Crippen molar-refractivity contribution in [2.75, 3.05) is 0 Å². The zero-order valence-corrected chi connectivity index (χ0v) is 13.4. The number of halogens is 6. The van der Waals surface area contributed by atoms with Gasteiger partial charge in [0.25, 0.3) is 5.78 Å². The van der Waals surface area contributed by atoms with E-state index < -0.39 is 47.1 Å². The van der Waals surface area contributed by atoms with Crippen LogP contribution in [0.25, 0.3) is 11.5 Å². The van der Waals surface area contributed by atoms with Crippen molar-refractivity contribution in [3.05, 3.63) is 54.3 Å².